The number of ether oxygens (including phenoxy) is 2. The number of benzene rings is 3. The molecule has 7 nitrogen and oxygen atoms in total. The number of hydrogen-bond donors (Lipinski definition) is 2. The van der Waals surface area contributed by atoms with Crippen LogP contribution in [0.3, 0.4) is 0 Å². The van der Waals surface area contributed by atoms with Crippen LogP contribution < -0.4 is 19.5 Å². The van der Waals surface area contributed by atoms with Gasteiger partial charge in [0.2, 0.25) is 0 Å². The number of carbonyl (C=O) groups excluding carboxylic acids is 1. The molecule has 2 heterocycles. The van der Waals surface area contributed by atoms with Gasteiger partial charge in [0.15, 0.2) is 11.5 Å². The Balaban J connectivity index is 1.27. The highest BCUT2D eigenvalue weighted by atomic mass is 32.2. The predicted octanol–water partition coefficient (Wildman–Crippen LogP) is 4.23. The molecule has 2 N–H and O–H groups in total. The molecule has 0 spiro atoms. The van der Waals surface area contributed by atoms with E-state index in [1.54, 1.807) is 42.1 Å². The molecule has 0 aromatic heterocycles. The third-order valence-electron chi connectivity index (χ3n) is 5.49. The number of sulfonamides is 1. The first-order valence-electron chi connectivity index (χ1n) is 10.5. The van der Waals surface area contributed by atoms with Crippen LogP contribution in [0.5, 0.6) is 11.5 Å². The second kappa shape index (κ2) is 8.99. The van der Waals surface area contributed by atoms with Gasteiger partial charge in [0.25, 0.3) is 15.9 Å². The molecule has 3 aromatic carbocycles. The van der Waals surface area contributed by atoms with Crippen molar-refractivity contribution in [1.29, 1.82) is 0 Å². The quantitative estimate of drug-likeness (QED) is 0.565. The molecule has 0 radical (unpaired) electrons. The van der Waals surface area contributed by atoms with Crippen LogP contribution >= 0.6 is 11.8 Å². The number of hydrogen-bond acceptors (Lipinski definition) is 6. The fraction of sp³-hybridized carbons (Fsp3) is 0.208. The van der Waals surface area contributed by atoms with Crippen molar-refractivity contribution >= 4 is 33.4 Å². The summed E-state index contributed by atoms with van der Waals surface area (Å²) in [6.45, 7) is 0.808. The summed E-state index contributed by atoms with van der Waals surface area (Å²) >= 11 is 1.80. The molecule has 1 atom stereocenters. The van der Waals surface area contributed by atoms with Crippen LogP contribution in [-0.4, -0.2) is 33.3 Å². The van der Waals surface area contributed by atoms with Crippen molar-refractivity contribution in [3.05, 3.63) is 77.9 Å². The Hall–Kier alpha value is -3.17. The summed E-state index contributed by atoms with van der Waals surface area (Å²) in [5.41, 5.74) is 1.96. The van der Waals surface area contributed by atoms with Crippen molar-refractivity contribution in [2.75, 3.05) is 23.7 Å². The van der Waals surface area contributed by atoms with Crippen LogP contribution in [0.4, 0.5) is 5.69 Å². The number of nitrogens with one attached hydrogen (secondary N) is 2. The molecule has 0 fully saturated rings. The molecule has 1 amide bonds. The predicted molar refractivity (Wildman–Crippen MR) is 127 cm³/mol. The van der Waals surface area contributed by atoms with E-state index in [0.29, 0.717) is 36.0 Å². The maximum absolute atomic E-state index is 12.8. The Morgan fingerprint density at radius 2 is 1.70 bits per heavy atom. The van der Waals surface area contributed by atoms with Crippen molar-refractivity contribution in [1.82, 2.24) is 5.32 Å². The van der Waals surface area contributed by atoms with Crippen LogP contribution in [-0.2, 0) is 10.0 Å². The summed E-state index contributed by atoms with van der Waals surface area (Å²) in [5, 5.41) is 3.10. The Morgan fingerprint density at radius 3 is 2.52 bits per heavy atom. The van der Waals surface area contributed by atoms with Crippen LogP contribution in [0, 0.1) is 0 Å². The molecule has 3 aromatic rings. The Morgan fingerprint density at radius 1 is 0.939 bits per heavy atom. The summed E-state index contributed by atoms with van der Waals surface area (Å²) in [6.07, 6.45) is 0.862. The number of carbonyl (C=O) groups is 1. The number of rotatable bonds is 5. The van der Waals surface area contributed by atoms with Gasteiger partial charge in [-0.25, -0.2) is 8.42 Å². The summed E-state index contributed by atoms with van der Waals surface area (Å²) in [5.74, 6) is 1.68. The zero-order valence-corrected chi connectivity index (χ0v) is 19.2. The van der Waals surface area contributed by atoms with Crippen molar-refractivity contribution < 1.29 is 22.7 Å². The molecule has 0 saturated heterocycles. The molecule has 5 rings (SSSR count). The minimum absolute atomic E-state index is 0.0386. The lowest BCUT2D eigenvalue weighted by molar-refractivity contribution is 0.0935. The number of amides is 1. The summed E-state index contributed by atoms with van der Waals surface area (Å²) < 4.78 is 39.0. The normalized spacial score (nSPS) is 17.0. The Bertz CT molecular complexity index is 1290. The van der Waals surface area contributed by atoms with Gasteiger partial charge in [-0.2, -0.15) is 0 Å². The van der Waals surface area contributed by atoms with E-state index in [9.17, 15) is 13.2 Å². The molecule has 2 aliphatic heterocycles. The van der Waals surface area contributed by atoms with Crippen molar-refractivity contribution in [3.8, 4) is 11.5 Å². The minimum atomic E-state index is -3.82. The van der Waals surface area contributed by atoms with Gasteiger partial charge in [-0.3, -0.25) is 9.52 Å². The van der Waals surface area contributed by atoms with Gasteiger partial charge in [0.1, 0.15) is 13.2 Å². The van der Waals surface area contributed by atoms with Gasteiger partial charge >= 0.3 is 0 Å². The molecule has 0 saturated carbocycles. The van der Waals surface area contributed by atoms with Gasteiger partial charge in [0.05, 0.1) is 10.9 Å². The molecule has 33 heavy (non-hydrogen) atoms. The van der Waals surface area contributed by atoms with E-state index in [4.69, 9.17) is 9.47 Å². The van der Waals surface area contributed by atoms with Crippen molar-refractivity contribution in [2.24, 2.45) is 0 Å². The molecule has 0 unspecified atom stereocenters. The highest BCUT2D eigenvalue weighted by Crippen LogP contribution is 2.36. The Labute approximate surface area is 196 Å². The standard InChI is InChI=1S/C24H22N2O5S2/c27-24(25-20-11-14-32-23-4-2-1-3-19(20)23)16-5-7-17(8-6-16)26-33(28,29)18-9-10-21-22(15-18)31-13-12-30-21/h1-10,15,20,26H,11-14H2,(H,25,27)/t20-/m1/s1. The van der Waals surface area contributed by atoms with E-state index < -0.39 is 10.0 Å². The van der Waals surface area contributed by atoms with Crippen LogP contribution in [0.15, 0.2) is 76.5 Å². The van der Waals surface area contributed by atoms with Crippen LogP contribution in [0.2, 0.25) is 0 Å². The first kappa shape index (κ1) is 21.7. The lowest BCUT2D eigenvalue weighted by Gasteiger charge is -2.25. The number of anilines is 1. The lowest BCUT2D eigenvalue weighted by Crippen LogP contribution is -2.30. The largest absolute Gasteiger partial charge is 0.486 e. The first-order chi connectivity index (χ1) is 16.0. The second-order valence-electron chi connectivity index (χ2n) is 7.69. The van der Waals surface area contributed by atoms with Gasteiger partial charge in [-0.1, -0.05) is 18.2 Å². The monoisotopic (exact) mass is 482 g/mol. The number of fused-ring (bicyclic) bond motifs is 2. The van der Waals surface area contributed by atoms with E-state index in [2.05, 4.69) is 16.1 Å². The summed E-state index contributed by atoms with van der Waals surface area (Å²) in [4.78, 5) is 14.1. The van der Waals surface area contributed by atoms with Gasteiger partial charge in [0, 0.05) is 28.0 Å². The smallest absolute Gasteiger partial charge is 0.262 e. The molecular weight excluding hydrogens is 460 g/mol. The fourth-order valence-electron chi connectivity index (χ4n) is 3.83. The highest BCUT2D eigenvalue weighted by molar-refractivity contribution is 7.99. The highest BCUT2D eigenvalue weighted by Gasteiger charge is 2.23. The third-order valence-corrected chi connectivity index (χ3v) is 7.99. The summed E-state index contributed by atoms with van der Waals surface area (Å²) in [6, 6.07) is 18.9. The zero-order chi connectivity index (χ0) is 22.8. The van der Waals surface area contributed by atoms with E-state index in [1.807, 2.05) is 18.2 Å². The average molecular weight is 483 g/mol. The van der Waals surface area contributed by atoms with Crippen LogP contribution in [0.1, 0.15) is 28.4 Å². The fourth-order valence-corrected chi connectivity index (χ4v) is 6.03. The van der Waals surface area contributed by atoms with Crippen LogP contribution in [0.25, 0.3) is 0 Å². The SMILES string of the molecule is O=C(N[C@@H]1CCSc2ccccc21)c1ccc(NS(=O)(=O)c2ccc3c(c2)OCCO3)cc1. The molecule has 2 aliphatic rings. The minimum Gasteiger partial charge on any atom is -0.486 e. The van der Waals surface area contributed by atoms with E-state index in [0.717, 1.165) is 17.7 Å². The maximum atomic E-state index is 12.8. The first-order valence-corrected chi connectivity index (χ1v) is 13.0. The second-order valence-corrected chi connectivity index (χ2v) is 10.5. The molecule has 9 heteroatoms. The average Bonchev–Trinajstić information content (AvgIpc) is 2.84. The lowest BCUT2D eigenvalue weighted by atomic mass is 10.0. The maximum Gasteiger partial charge on any atom is 0.262 e. The zero-order valence-electron chi connectivity index (χ0n) is 17.6. The molecule has 170 valence electrons. The van der Waals surface area contributed by atoms with Gasteiger partial charge in [-0.15, -0.1) is 11.8 Å². The number of thioether (sulfide) groups is 1. The molecular formula is C24H22N2O5S2. The van der Waals surface area contributed by atoms with Gasteiger partial charge < -0.3 is 14.8 Å². The van der Waals surface area contributed by atoms with Gasteiger partial charge in [-0.05, 0) is 54.4 Å². The van der Waals surface area contributed by atoms with E-state index in [1.165, 1.54) is 17.0 Å². The third kappa shape index (κ3) is 4.65. The molecule has 0 aliphatic carbocycles. The van der Waals surface area contributed by atoms with Crippen molar-refractivity contribution in [2.45, 2.75) is 22.3 Å². The van der Waals surface area contributed by atoms with E-state index >= 15 is 0 Å². The Kier molecular flexibility index (Phi) is 5.90. The summed E-state index contributed by atoms with van der Waals surface area (Å²) in [7, 11) is -3.82. The molecule has 0 bridgehead atoms. The van der Waals surface area contributed by atoms with E-state index in [-0.39, 0.29) is 16.8 Å². The van der Waals surface area contributed by atoms with Crippen molar-refractivity contribution in [3.63, 3.8) is 0 Å². The topological polar surface area (TPSA) is 93.7 Å².